The third-order valence-corrected chi connectivity index (χ3v) is 6.16. The molecule has 3 aromatic carbocycles. The molecule has 0 atom stereocenters. The summed E-state index contributed by atoms with van der Waals surface area (Å²) in [5, 5.41) is 2.30. The first-order chi connectivity index (χ1) is 15.3. The van der Waals surface area contributed by atoms with Gasteiger partial charge in [0.05, 0.1) is 5.69 Å². The van der Waals surface area contributed by atoms with Crippen molar-refractivity contribution in [1.82, 2.24) is 5.32 Å². The average Bonchev–Trinajstić information content (AvgIpc) is 2.75. The monoisotopic (exact) mass is 488 g/mol. The van der Waals surface area contributed by atoms with Crippen LogP contribution in [-0.4, -0.2) is 17.8 Å². The molecule has 0 spiro atoms. The Bertz CT molecular complexity index is 1280. The molecule has 3 aromatic rings. The number of urea groups is 1. The van der Waals surface area contributed by atoms with Crippen molar-refractivity contribution in [3.05, 3.63) is 105 Å². The molecule has 5 nitrogen and oxygen atoms in total. The fourth-order valence-electron chi connectivity index (χ4n) is 3.77. The highest BCUT2D eigenvalue weighted by Gasteiger charge is 2.37. The molecule has 1 aliphatic rings. The molecule has 1 aliphatic heterocycles. The van der Waals surface area contributed by atoms with E-state index < -0.39 is 17.8 Å². The molecule has 1 N–H and O–H groups in total. The third-order valence-electron chi connectivity index (χ3n) is 5.39. The van der Waals surface area contributed by atoms with Crippen LogP contribution in [0.2, 0.25) is 0 Å². The number of rotatable bonds is 4. The molecular formula is C26H21BrN2O3. The van der Waals surface area contributed by atoms with Gasteiger partial charge in [-0.3, -0.25) is 14.9 Å². The number of benzene rings is 3. The van der Waals surface area contributed by atoms with Crippen LogP contribution in [0.5, 0.6) is 0 Å². The highest BCUT2D eigenvalue weighted by molar-refractivity contribution is 9.10. The van der Waals surface area contributed by atoms with Gasteiger partial charge >= 0.3 is 6.03 Å². The lowest BCUT2D eigenvalue weighted by molar-refractivity contribution is -0.122. The van der Waals surface area contributed by atoms with E-state index in [1.807, 2.05) is 74.5 Å². The number of nitrogens with one attached hydrogen (secondary N) is 1. The zero-order valence-electron chi connectivity index (χ0n) is 17.7. The number of amides is 4. The molecule has 0 aliphatic carbocycles. The number of imide groups is 2. The minimum absolute atomic E-state index is 0.0795. The number of aryl methyl sites for hydroxylation is 2. The number of hydrogen-bond donors (Lipinski definition) is 1. The minimum Gasteiger partial charge on any atom is -0.273 e. The van der Waals surface area contributed by atoms with Crippen molar-refractivity contribution in [3.8, 4) is 0 Å². The predicted octanol–water partition coefficient (Wildman–Crippen LogP) is 5.32. The number of hydrogen-bond acceptors (Lipinski definition) is 3. The summed E-state index contributed by atoms with van der Waals surface area (Å²) in [4.78, 5) is 39.4. The first-order valence-electron chi connectivity index (χ1n) is 10.1. The maximum absolute atomic E-state index is 13.3. The third kappa shape index (κ3) is 4.27. The lowest BCUT2D eigenvalue weighted by Crippen LogP contribution is -2.54. The quantitative estimate of drug-likeness (QED) is 0.399. The van der Waals surface area contributed by atoms with Crippen molar-refractivity contribution < 1.29 is 14.4 Å². The predicted molar refractivity (Wildman–Crippen MR) is 128 cm³/mol. The number of barbiturate groups is 1. The Morgan fingerprint density at radius 2 is 1.59 bits per heavy atom. The minimum atomic E-state index is -0.745. The van der Waals surface area contributed by atoms with Gasteiger partial charge < -0.3 is 0 Å². The Kier molecular flexibility index (Phi) is 6.06. The number of carbonyl (C=O) groups is 3. The largest absolute Gasteiger partial charge is 0.335 e. The van der Waals surface area contributed by atoms with Crippen LogP contribution in [0.25, 0.3) is 6.08 Å². The van der Waals surface area contributed by atoms with Crippen LogP contribution >= 0.6 is 15.9 Å². The van der Waals surface area contributed by atoms with Crippen LogP contribution in [0.3, 0.4) is 0 Å². The summed E-state index contributed by atoms with van der Waals surface area (Å²) in [6, 6.07) is 20.2. The van der Waals surface area contributed by atoms with E-state index in [2.05, 4.69) is 21.2 Å². The van der Waals surface area contributed by atoms with Crippen molar-refractivity contribution in [2.75, 3.05) is 4.90 Å². The number of anilines is 1. The molecule has 4 amide bonds. The smallest absolute Gasteiger partial charge is 0.273 e. The molecular weight excluding hydrogens is 468 g/mol. The van der Waals surface area contributed by atoms with Gasteiger partial charge in [-0.1, -0.05) is 76.1 Å². The zero-order valence-corrected chi connectivity index (χ0v) is 19.3. The van der Waals surface area contributed by atoms with E-state index in [1.165, 1.54) is 0 Å². The van der Waals surface area contributed by atoms with Crippen molar-refractivity contribution >= 4 is 45.5 Å². The number of nitrogens with zero attached hydrogens (tertiary/aromatic N) is 1. The summed E-state index contributed by atoms with van der Waals surface area (Å²) in [5.41, 5.74) is 4.96. The summed E-state index contributed by atoms with van der Waals surface area (Å²) in [6.07, 6.45) is 2.18. The standard InChI is InChI=1S/C26H21BrN2O3/c1-16-11-12-23(17(2)13-16)29-25(31)21(24(30)28-26(29)32)15-19-8-4-3-7-18(19)14-20-9-5-6-10-22(20)27/h3-13,15H,14H2,1-2H3,(H,28,30,32)/b21-15+. The van der Waals surface area contributed by atoms with E-state index in [9.17, 15) is 14.4 Å². The van der Waals surface area contributed by atoms with Gasteiger partial charge in [0.25, 0.3) is 11.8 Å². The van der Waals surface area contributed by atoms with E-state index >= 15 is 0 Å². The topological polar surface area (TPSA) is 66.5 Å². The summed E-state index contributed by atoms with van der Waals surface area (Å²) < 4.78 is 0.987. The van der Waals surface area contributed by atoms with Crippen LogP contribution in [-0.2, 0) is 16.0 Å². The molecule has 0 saturated carbocycles. The Balaban J connectivity index is 1.74. The first kappa shape index (κ1) is 21.7. The van der Waals surface area contributed by atoms with Gasteiger partial charge in [-0.15, -0.1) is 0 Å². The summed E-state index contributed by atoms with van der Waals surface area (Å²) in [6.45, 7) is 3.77. The molecule has 0 unspecified atom stereocenters. The van der Waals surface area contributed by atoms with Crippen molar-refractivity contribution in [3.63, 3.8) is 0 Å². The summed E-state index contributed by atoms with van der Waals surface area (Å²) in [5.74, 6) is -1.34. The molecule has 0 aromatic heterocycles. The second-order valence-corrected chi connectivity index (χ2v) is 8.57. The van der Waals surface area contributed by atoms with Gasteiger partial charge in [0.2, 0.25) is 0 Å². The van der Waals surface area contributed by atoms with Gasteiger partial charge in [0.15, 0.2) is 0 Å². The molecule has 1 fully saturated rings. The van der Waals surface area contributed by atoms with Crippen LogP contribution in [0.1, 0.15) is 27.8 Å². The van der Waals surface area contributed by atoms with Crippen LogP contribution < -0.4 is 10.2 Å². The van der Waals surface area contributed by atoms with Crippen molar-refractivity contribution in [2.45, 2.75) is 20.3 Å². The van der Waals surface area contributed by atoms with Crippen LogP contribution in [0, 0.1) is 13.8 Å². The maximum Gasteiger partial charge on any atom is 0.335 e. The van der Waals surface area contributed by atoms with Gasteiger partial charge in [0.1, 0.15) is 5.57 Å². The molecule has 0 radical (unpaired) electrons. The van der Waals surface area contributed by atoms with Gasteiger partial charge in [-0.2, -0.15) is 0 Å². The molecule has 160 valence electrons. The number of carbonyl (C=O) groups excluding carboxylic acids is 3. The second-order valence-electron chi connectivity index (χ2n) is 7.71. The lowest BCUT2D eigenvalue weighted by Gasteiger charge is -2.27. The zero-order chi connectivity index (χ0) is 22.8. The first-order valence-corrected chi connectivity index (χ1v) is 10.9. The summed E-state index contributed by atoms with van der Waals surface area (Å²) >= 11 is 3.57. The highest BCUT2D eigenvalue weighted by atomic mass is 79.9. The fraction of sp³-hybridized carbons (Fsp3) is 0.115. The maximum atomic E-state index is 13.3. The Hall–Kier alpha value is -3.51. The molecule has 0 bridgehead atoms. The Labute approximate surface area is 194 Å². The van der Waals surface area contributed by atoms with Crippen molar-refractivity contribution in [1.29, 1.82) is 0 Å². The normalized spacial score (nSPS) is 15.3. The Morgan fingerprint density at radius 1 is 0.906 bits per heavy atom. The second kappa shape index (κ2) is 8.93. The van der Waals surface area contributed by atoms with E-state index in [-0.39, 0.29) is 5.57 Å². The Morgan fingerprint density at radius 3 is 2.31 bits per heavy atom. The fourth-order valence-corrected chi connectivity index (χ4v) is 4.20. The van der Waals surface area contributed by atoms with Crippen LogP contribution in [0.4, 0.5) is 10.5 Å². The molecule has 6 heteroatoms. The SMILES string of the molecule is Cc1ccc(N2C(=O)NC(=O)/C(=C\c3ccccc3Cc3ccccc3Br)C2=O)c(C)c1. The van der Waals surface area contributed by atoms with Gasteiger partial charge in [-0.25, -0.2) is 9.69 Å². The molecule has 1 heterocycles. The number of halogens is 1. The lowest BCUT2D eigenvalue weighted by atomic mass is 9.97. The van der Waals surface area contributed by atoms with Crippen LogP contribution in [0.15, 0.2) is 76.8 Å². The molecule has 4 rings (SSSR count). The summed E-state index contributed by atoms with van der Waals surface area (Å²) in [7, 11) is 0. The van der Waals surface area contributed by atoms with Gasteiger partial charge in [0, 0.05) is 4.47 Å². The molecule has 1 saturated heterocycles. The highest BCUT2D eigenvalue weighted by Crippen LogP contribution is 2.27. The average molecular weight is 489 g/mol. The van der Waals surface area contributed by atoms with Gasteiger partial charge in [-0.05, 0) is 60.7 Å². The van der Waals surface area contributed by atoms with Crippen molar-refractivity contribution in [2.24, 2.45) is 0 Å². The van der Waals surface area contributed by atoms with E-state index in [0.717, 1.165) is 37.2 Å². The van der Waals surface area contributed by atoms with E-state index in [1.54, 1.807) is 12.1 Å². The van der Waals surface area contributed by atoms with E-state index in [0.29, 0.717) is 12.1 Å². The van der Waals surface area contributed by atoms with E-state index in [4.69, 9.17) is 0 Å². The molecule has 32 heavy (non-hydrogen) atoms.